The van der Waals surface area contributed by atoms with Crippen molar-refractivity contribution < 1.29 is 13.2 Å². The normalized spacial score (nSPS) is 24.3. The van der Waals surface area contributed by atoms with Crippen LogP contribution in [0.2, 0.25) is 0 Å². The number of sulfone groups is 1. The van der Waals surface area contributed by atoms with Crippen molar-refractivity contribution in [3.8, 4) is 0 Å². The van der Waals surface area contributed by atoms with Crippen molar-refractivity contribution in [2.45, 2.75) is 28.9 Å². The molecule has 0 saturated carbocycles. The summed E-state index contributed by atoms with van der Waals surface area (Å²) in [6, 6.07) is 14.9. The third-order valence-corrected chi connectivity index (χ3v) is 7.85. The summed E-state index contributed by atoms with van der Waals surface area (Å²) in [5.74, 6) is -0.289. The van der Waals surface area contributed by atoms with Gasteiger partial charge < -0.3 is 0 Å². The fourth-order valence-electron chi connectivity index (χ4n) is 4.28. The molecule has 0 spiro atoms. The standard InChI is InChI=1S/C25H20O3S/c26-25-21-15-19(17-7-3-1-4-8-17)11-13-23(21)29(27,28)24-14-12-20(16-22(24)25)18-9-5-2-6-10-18/h1,3-5,7-16,19,23H,2,6H2. The third kappa shape index (κ3) is 2.95. The number of benzene rings is 2. The number of fused-ring (bicyclic) bond motifs is 2. The Labute approximate surface area is 170 Å². The number of Topliss-reactive ketones (excluding diaryl/α,β-unsaturated/α-hetero) is 1. The van der Waals surface area contributed by atoms with Gasteiger partial charge in [0.15, 0.2) is 15.6 Å². The monoisotopic (exact) mass is 400 g/mol. The minimum absolute atomic E-state index is 0.102. The Morgan fingerprint density at radius 1 is 0.931 bits per heavy atom. The SMILES string of the molecule is O=C1C2=CC(c3ccccc3)C=CC2S(=O)(=O)c2ccc(C3=CCCC=C3)cc21. The predicted molar refractivity (Wildman–Crippen MR) is 115 cm³/mol. The first kappa shape index (κ1) is 18.1. The van der Waals surface area contributed by atoms with E-state index in [1.807, 2.05) is 48.6 Å². The lowest BCUT2D eigenvalue weighted by molar-refractivity contribution is 0.102. The highest BCUT2D eigenvalue weighted by Crippen LogP contribution is 2.40. The highest BCUT2D eigenvalue weighted by molar-refractivity contribution is 7.92. The van der Waals surface area contributed by atoms with Crippen LogP contribution >= 0.6 is 0 Å². The topological polar surface area (TPSA) is 51.2 Å². The minimum Gasteiger partial charge on any atom is -0.289 e. The first-order valence-corrected chi connectivity index (χ1v) is 11.3. The lowest BCUT2D eigenvalue weighted by atomic mass is 9.86. The summed E-state index contributed by atoms with van der Waals surface area (Å²) in [5, 5.41) is -0.901. The Morgan fingerprint density at radius 3 is 2.52 bits per heavy atom. The average molecular weight is 400 g/mol. The van der Waals surface area contributed by atoms with E-state index in [0.29, 0.717) is 5.57 Å². The largest absolute Gasteiger partial charge is 0.289 e. The smallest absolute Gasteiger partial charge is 0.191 e. The molecule has 3 aliphatic rings. The van der Waals surface area contributed by atoms with Crippen LogP contribution in [0.5, 0.6) is 0 Å². The van der Waals surface area contributed by atoms with Crippen LogP contribution in [0.1, 0.15) is 40.2 Å². The molecule has 2 unspecified atom stereocenters. The Bertz CT molecular complexity index is 1230. The molecule has 2 aliphatic carbocycles. The lowest BCUT2D eigenvalue weighted by Crippen LogP contribution is -2.34. The van der Waals surface area contributed by atoms with Gasteiger partial charge in [0.25, 0.3) is 0 Å². The molecule has 2 aromatic carbocycles. The molecule has 3 nitrogen and oxygen atoms in total. The number of ketones is 1. The van der Waals surface area contributed by atoms with Gasteiger partial charge >= 0.3 is 0 Å². The Balaban J connectivity index is 1.62. The van der Waals surface area contributed by atoms with Crippen LogP contribution < -0.4 is 0 Å². The van der Waals surface area contributed by atoms with Gasteiger partial charge in [-0.3, -0.25) is 4.79 Å². The number of hydrogen-bond acceptors (Lipinski definition) is 3. The average Bonchev–Trinajstić information content (AvgIpc) is 2.78. The molecule has 0 bridgehead atoms. The zero-order chi connectivity index (χ0) is 20.0. The van der Waals surface area contributed by atoms with Crippen LogP contribution in [0.3, 0.4) is 0 Å². The number of allylic oxidation sites excluding steroid dienone is 6. The Hall–Kier alpha value is -2.98. The van der Waals surface area contributed by atoms with E-state index in [2.05, 4.69) is 12.2 Å². The molecule has 0 amide bonds. The minimum atomic E-state index is -3.64. The molecule has 1 aliphatic heterocycles. The van der Waals surface area contributed by atoms with Crippen LogP contribution in [-0.4, -0.2) is 19.5 Å². The second kappa shape index (κ2) is 6.82. The molecule has 2 aromatic rings. The van der Waals surface area contributed by atoms with Gasteiger partial charge in [0.05, 0.1) is 4.90 Å². The highest BCUT2D eigenvalue weighted by atomic mass is 32.2. The van der Waals surface area contributed by atoms with Crippen LogP contribution in [0.15, 0.2) is 95.5 Å². The fourth-order valence-corrected chi connectivity index (χ4v) is 6.09. The van der Waals surface area contributed by atoms with E-state index in [1.54, 1.807) is 24.3 Å². The highest BCUT2D eigenvalue weighted by Gasteiger charge is 2.42. The summed E-state index contributed by atoms with van der Waals surface area (Å²) < 4.78 is 26.5. The van der Waals surface area contributed by atoms with E-state index in [-0.39, 0.29) is 22.2 Å². The van der Waals surface area contributed by atoms with Gasteiger partial charge in [0.1, 0.15) is 5.25 Å². The van der Waals surface area contributed by atoms with E-state index < -0.39 is 15.1 Å². The van der Waals surface area contributed by atoms with Gasteiger partial charge in [0, 0.05) is 17.1 Å². The summed E-state index contributed by atoms with van der Waals surface area (Å²) in [6.45, 7) is 0. The summed E-state index contributed by atoms with van der Waals surface area (Å²) in [7, 11) is -3.64. The van der Waals surface area contributed by atoms with Crippen LogP contribution in [-0.2, 0) is 9.84 Å². The summed E-state index contributed by atoms with van der Waals surface area (Å²) in [6.07, 6.45) is 13.6. The van der Waals surface area contributed by atoms with Crippen LogP contribution in [0.4, 0.5) is 0 Å². The lowest BCUT2D eigenvalue weighted by Gasteiger charge is -2.29. The number of carbonyl (C=O) groups excluding carboxylic acids is 1. The van der Waals surface area contributed by atoms with Gasteiger partial charge in [-0.05, 0) is 41.7 Å². The number of rotatable bonds is 2. The maximum absolute atomic E-state index is 13.3. The molecule has 0 saturated heterocycles. The molecule has 0 fully saturated rings. The summed E-state index contributed by atoms with van der Waals surface area (Å²) in [5.41, 5.74) is 3.60. The maximum Gasteiger partial charge on any atom is 0.191 e. The molecule has 144 valence electrons. The van der Waals surface area contributed by atoms with Gasteiger partial charge in [-0.1, -0.05) is 72.9 Å². The first-order chi connectivity index (χ1) is 14.1. The van der Waals surface area contributed by atoms with Crippen molar-refractivity contribution in [2.75, 3.05) is 0 Å². The Morgan fingerprint density at radius 2 is 1.76 bits per heavy atom. The second-order valence-electron chi connectivity index (χ2n) is 7.59. The Kier molecular flexibility index (Phi) is 4.25. The van der Waals surface area contributed by atoms with E-state index in [1.165, 1.54) is 0 Å². The second-order valence-corrected chi connectivity index (χ2v) is 9.63. The molecule has 0 aromatic heterocycles. The van der Waals surface area contributed by atoms with Gasteiger partial charge in [0.2, 0.25) is 0 Å². The molecule has 1 heterocycles. The van der Waals surface area contributed by atoms with Crippen LogP contribution in [0.25, 0.3) is 5.57 Å². The van der Waals surface area contributed by atoms with Crippen molar-refractivity contribution in [3.63, 3.8) is 0 Å². The molecular formula is C25H20O3S. The van der Waals surface area contributed by atoms with Crippen LogP contribution in [0, 0.1) is 0 Å². The first-order valence-electron chi connectivity index (χ1n) is 9.80. The van der Waals surface area contributed by atoms with Crippen molar-refractivity contribution in [1.82, 2.24) is 0 Å². The molecule has 5 rings (SSSR count). The van der Waals surface area contributed by atoms with Crippen molar-refractivity contribution >= 4 is 21.2 Å². The molecule has 0 radical (unpaired) electrons. The summed E-state index contributed by atoms with van der Waals surface area (Å²) >= 11 is 0. The van der Waals surface area contributed by atoms with Crippen molar-refractivity contribution in [1.29, 1.82) is 0 Å². The maximum atomic E-state index is 13.3. The molecular weight excluding hydrogens is 380 g/mol. The third-order valence-electron chi connectivity index (χ3n) is 5.80. The van der Waals surface area contributed by atoms with Gasteiger partial charge in [-0.2, -0.15) is 0 Å². The molecule has 4 heteroatoms. The van der Waals surface area contributed by atoms with Gasteiger partial charge in [-0.25, -0.2) is 8.42 Å². The number of carbonyl (C=O) groups is 1. The molecule has 2 atom stereocenters. The number of hydrogen-bond donors (Lipinski definition) is 0. The van der Waals surface area contributed by atoms with E-state index in [9.17, 15) is 13.2 Å². The van der Waals surface area contributed by atoms with E-state index in [0.717, 1.165) is 29.5 Å². The zero-order valence-electron chi connectivity index (χ0n) is 15.8. The molecule has 0 N–H and O–H groups in total. The van der Waals surface area contributed by atoms with Crippen molar-refractivity contribution in [3.05, 3.63) is 107 Å². The fraction of sp³-hybridized carbons (Fsp3) is 0.160. The van der Waals surface area contributed by atoms with Gasteiger partial charge in [-0.15, -0.1) is 0 Å². The zero-order valence-corrected chi connectivity index (χ0v) is 16.6. The predicted octanol–water partition coefficient (Wildman–Crippen LogP) is 5.04. The van der Waals surface area contributed by atoms with E-state index in [4.69, 9.17) is 0 Å². The van der Waals surface area contributed by atoms with Crippen molar-refractivity contribution in [2.24, 2.45) is 0 Å². The van der Waals surface area contributed by atoms with E-state index >= 15 is 0 Å². The molecule has 29 heavy (non-hydrogen) atoms. The quantitative estimate of drug-likeness (QED) is 0.664. The summed E-state index contributed by atoms with van der Waals surface area (Å²) in [4.78, 5) is 13.5.